The average Bonchev–Trinajstić information content (AvgIpc) is 3.48. The smallest absolute Gasteiger partial charge is 0.223 e. The van der Waals surface area contributed by atoms with Crippen LogP contribution in [0.5, 0.6) is 5.75 Å². The second kappa shape index (κ2) is 10.1. The van der Waals surface area contributed by atoms with Gasteiger partial charge in [0.1, 0.15) is 11.4 Å². The van der Waals surface area contributed by atoms with Crippen molar-refractivity contribution < 1.29 is 5.11 Å². The van der Waals surface area contributed by atoms with Crippen LogP contribution >= 0.6 is 34.9 Å². The minimum Gasteiger partial charge on any atom is -0.508 e. The molecule has 2 aromatic carbocycles. The van der Waals surface area contributed by atoms with Crippen molar-refractivity contribution in [3.8, 4) is 28.4 Å². The number of hydrogen-bond acceptors (Lipinski definition) is 8. The number of imidazole rings is 1. The predicted molar refractivity (Wildman–Crippen MR) is 147 cm³/mol. The highest BCUT2D eigenvalue weighted by atomic mass is 35.5. The molecule has 10 heteroatoms. The van der Waals surface area contributed by atoms with Gasteiger partial charge in [0.25, 0.3) is 0 Å². The summed E-state index contributed by atoms with van der Waals surface area (Å²) in [5, 5.41) is 16.3. The monoisotopic (exact) mass is 534 g/mol. The van der Waals surface area contributed by atoms with Crippen molar-refractivity contribution >= 4 is 45.8 Å². The Hall–Kier alpha value is -3.11. The lowest BCUT2D eigenvalue weighted by Crippen LogP contribution is -2.38. The van der Waals surface area contributed by atoms with Crippen molar-refractivity contribution in [1.29, 1.82) is 0 Å². The van der Waals surface area contributed by atoms with Gasteiger partial charge in [-0.1, -0.05) is 23.7 Å². The van der Waals surface area contributed by atoms with Gasteiger partial charge in [-0.05, 0) is 67.3 Å². The van der Waals surface area contributed by atoms with E-state index in [2.05, 4.69) is 26.7 Å². The first-order chi connectivity index (χ1) is 17.6. The molecule has 1 aliphatic heterocycles. The Morgan fingerprint density at radius 3 is 2.86 bits per heavy atom. The quantitative estimate of drug-likeness (QED) is 0.242. The molecule has 0 amide bonds. The summed E-state index contributed by atoms with van der Waals surface area (Å²) < 4.78 is 4.42. The Morgan fingerprint density at radius 1 is 1.11 bits per heavy atom. The molecular weight excluding hydrogens is 512 g/mol. The molecule has 182 valence electrons. The number of anilines is 1. The molecule has 0 saturated carbocycles. The summed E-state index contributed by atoms with van der Waals surface area (Å²) in [5.74, 6) is 0.807. The number of halogens is 1. The first-order valence-electron chi connectivity index (χ1n) is 11.7. The Labute approximate surface area is 222 Å². The van der Waals surface area contributed by atoms with E-state index in [0.717, 1.165) is 58.6 Å². The molecule has 1 saturated heterocycles. The summed E-state index contributed by atoms with van der Waals surface area (Å²) in [6.45, 7) is 1.92. The summed E-state index contributed by atoms with van der Waals surface area (Å²) in [6, 6.07) is 17.3. The molecule has 0 unspecified atom stereocenters. The molecule has 0 aliphatic carbocycles. The van der Waals surface area contributed by atoms with Crippen molar-refractivity contribution in [3.05, 3.63) is 77.4 Å². The highest BCUT2D eigenvalue weighted by Crippen LogP contribution is 2.35. The molecule has 5 aromatic rings. The molecule has 0 spiro atoms. The first kappa shape index (κ1) is 23.3. The largest absolute Gasteiger partial charge is 0.508 e. The maximum absolute atomic E-state index is 10.0. The van der Waals surface area contributed by atoms with Gasteiger partial charge in [0.15, 0.2) is 4.96 Å². The number of benzene rings is 2. The molecule has 0 bridgehead atoms. The Bertz CT molecular complexity index is 1500. The van der Waals surface area contributed by atoms with Crippen LogP contribution in [0.25, 0.3) is 27.6 Å². The molecule has 6 rings (SSSR count). The summed E-state index contributed by atoms with van der Waals surface area (Å²) >= 11 is 9.35. The third kappa shape index (κ3) is 4.92. The van der Waals surface area contributed by atoms with Crippen LogP contribution in [0.2, 0.25) is 5.02 Å². The van der Waals surface area contributed by atoms with E-state index >= 15 is 0 Å². The number of nitrogens with one attached hydrogen (secondary N) is 1. The van der Waals surface area contributed by atoms with Crippen LogP contribution in [0.3, 0.4) is 0 Å². The zero-order valence-electron chi connectivity index (χ0n) is 19.2. The van der Waals surface area contributed by atoms with Gasteiger partial charge in [0.05, 0.1) is 11.4 Å². The van der Waals surface area contributed by atoms with Crippen LogP contribution in [0.15, 0.2) is 77.3 Å². The summed E-state index contributed by atoms with van der Waals surface area (Å²) in [4.78, 5) is 16.3. The van der Waals surface area contributed by atoms with Gasteiger partial charge in [0, 0.05) is 52.4 Å². The van der Waals surface area contributed by atoms with Gasteiger partial charge in [-0.25, -0.2) is 19.3 Å². The number of hydrogen-bond donors (Lipinski definition) is 2. The number of rotatable bonds is 6. The third-order valence-electron chi connectivity index (χ3n) is 6.05. The van der Waals surface area contributed by atoms with Crippen molar-refractivity contribution in [2.75, 3.05) is 18.4 Å². The predicted octanol–water partition coefficient (Wildman–Crippen LogP) is 6.46. The van der Waals surface area contributed by atoms with Crippen LogP contribution in [-0.4, -0.2) is 47.9 Å². The Morgan fingerprint density at radius 2 is 2.00 bits per heavy atom. The zero-order valence-corrected chi connectivity index (χ0v) is 21.6. The fraction of sp³-hybridized carbons (Fsp3) is 0.192. The Balaban J connectivity index is 1.25. The number of aromatic hydroxyl groups is 1. The van der Waals surface area contributed by atoms with Crippen molar-refractivity contribution in [3.63, 3.8) is 0 Å². The third-order valence-corrected chi connectivity index (χ3v) is 8.13. The molecule has 3 aromatic heterocycles. The second-order valence-corrected chi connectivity index (χ2v) is 11.1. The fourth-order valence-corrected chi connectivity index (χ4v) is 6.29. The minimum atomic E-state index is 0.207. The number of phenolic OH excluding ortho intramolecular Hbond substituents is 1. The highest BCUT2D eigenvalue weighted by Gasteiger charge is 2.23. The molecule has 36 heavy (non-hydrogen) atoms. The molecule has 1 aliphatic rings. The number of nitrogens with zero attached hydrogens (tertiary/aromatic N) is 5. The SMILES string of the molecule is Oc1cccc(-c2nc3sccn3c2-c2ccnc(N[C@@H]3CCCN(Sc4ccc(Cl)cc4)C3)n2)c1. The van der Waals surface area contributed by atoms with Gasteiger partial charge in [-0.3, -0.25) is 4.40 Å². The van der Waals surface area contributed by atoms with Gasteiger partial charge in [-0.15, -0.1) is 11.3 Å². The summed E-state index contributed by atoms with van der Waals surface area (Å²) in [7, 11) is 0. The number of phenols is 1. The molecule has 7 nitrogen and oxygen atoms in total. The molecule has 2 N–H and O–H groups in total. The van der Waals surface area contributed by atoms with Gasteiger partial charge in [0.2, 0.25) is 5.95 Å². The lowest BCUT2D eigenvalue weighted by molar-refractivity contribution is 0.355. The first-order valence-corrected chi connectivity index (χ1v) is 13.7. The van der Waals surface area contributed by atoms with Crippen LogP contribution in [0.1, 0.15) is 12.8 Å². The molecule has 0 radical (unpaired) electrons. The molecule has 1 fully saturated rings. The maximum Gasteiger partial charge on any atom is 0.223 e. The van der Waals surface area contributed by atoms with Crippen molar-refractivity contribution in [2.24, 2.45) is 0 Å². The zero-order chi connectivity index (χ0) is 24.5. The number of thiazole rings is 1. The number of piperidine rings is 1. The van der Waals surface area contributed by atoms with Crippen LogP contribution in [0, 0.1) is 0 Å². The standard InChI is InChI=1S/C26H23ClN6OS2/c27-18-6-8-21(9-7-18)36-32-12-2-4-19(16-32)29-25-28-11-10-22(30-25)24-23(17-3-1-5-20(34)15-17)31-26-33(24)13-14-35-26/h1,3,5-11,13-15,19,34H,2,4,12,16H2,(H,28,29,30)/t19-/m1/s1. The Kier molecular flexibility index (Phi) is 6.54. The average molecular weight is 535 g/mol. The van der Waals surface area contributed by atoms with E-state index < -0.39 is 0 Å². The van der Waals surface area contributed by atoms with Crippen LogP contribution < -0.4 is 5.32 Å². The van der Waals surface area contributed by atoms with E-state index in [1.807, 2.05) is 46.3 Å². The van der Waals surface area contributed by atoms with E-state index in [1.165, 1.54) is 4.90 Å². The lowest BCUT2D eigenvalue weighted by atomic mass is 10.1. The van der Waals surface area contributed by atoms with E-state index in [4.69, 9.17) is 21.6 Å². The number of aromatic nitrogens is 4. The van der Waals surface area contributed by atoms with Crippen LogP contribution in [0.4, 0.5) is 5.95 Å². The second-order valence-electron chi connectivity index (χ2n) is 8.60. The molecular formula is C26H23ClN6OS2. The minimum absolute atomic E-state index is 0.207. The highest BCUT2D eigenvalue weighted by molar-refractivity contribution is 7.97. The maximum atomic E-state index is 10.0. The normalized spacial score (nSPS) is 16.4. The van der Waals surface area contributed by atoms with Gasteiger partial charge in [-0.2, -0.15) is 0 Å². The number of fused-ring (bicyclic) bond motifs is 1. The van der Waals surface area contributed by atoms with Crippen molar-refractivity contribution in [2.45, 2.75) is 23.8 Å². The van der Waals surface area contributed by atoms with Crippen LogP contribution in [-0.2, 0) is 0 Å². The van der Waals surface area contributed by atoms with E-state index in [9.17, 15) is 5.11 Å². The fourth-order valence-electron chi connectivity index (χ4n) is 4.42. The molecule has 4 heterocycles. The van der Waals surface area contributed by atoms with Gasteiger partial charge < -0.3 is 10.4 Å². The van der Waals surface area contributed by atoms with E-state index in [1.54, 1.807) is 41.6 Å². The van der Waals surface area contributed by atoms with Gasteiger partial charge >= 0.3 is 0 Å². The lowest BCUT2D eigenvalue weighted by Gasteiger charge is -2.32. The topological polar surface area (TPSA) is 78.6 Å². The summed E-state index contributed by atoms with van der Waals surface area (Å²) in [5.41, 5.74) is 3.28. The molecule has 1 atom stereocenters. The summed E-state index contributed by atoms with van der Waals surface area (Å²) in [6.07, 6.45) is 5.93. The van der Waals surface area contributed by atoms with Crippen molar-refractivity contribution in [1.82, 2.24) is 23.7 Å². The van der Waals surface area contributed by atoms with E-state index in [0.29, 0.717) is 5.95 Å². The van der Waals surface area contributed by atoms with E-state index in [-0.39, 0.29) is 11.8 Å².